The third-order valence-corrected chi connectivity index (χ3v) is 7.93. The number of carbonyl (C=O) groups is 2. The van der Waals surface area contributed by atoms with Crippen LogP contribution >= 0.6 is 23.2 Å². The number of amides is 2. The van der Waals surface area contributed by atoms with E-state index in [0.717, 1.165) is 9.87 Å². The molecule has 37 heavy (non-hydrogen) atoms. The van der Waals surface area contributed by atoms with E-state index in [1.807, 2.05) is 6.92 Å². The normalized spacial score (nSPS) is 12.1. The number of hydrogen-bond donors (Lipinski definition) is 1. The number of halogens is 3. The Bertz CT molecular complexity index is 1360. The van der Waals surface area contributed by atoms with Gasteiger partial charge >= 0.3 is 0 Å². The van der Waals surface area contributed by atoms with Gasteiger partial charge in [0.15, 0.2) is 0 Å². The summed E-state index contributed by atoms with van der Waals surface area (Å²) in [6.45, 7) is 2.65. The van der Waals surface area contributed by atoms with Gasteiger partial charge in [-0.1, -0.05) is 53.0 Å². The second-order valence-electron chi connectivity index (χ2n) is 8.39. The molecule has 1 atom stereocenters. The number of anilines is 1. The second-order valence-corrected chi connectivity index (χ2v) is 11.1. The van der Waals surface area contributed by atoms with Crippen molar-refractivity contribution < 1.29 is 22.4 Å². The molecule has 0 aliphatic heterocycles. The van der Waals surface area contributed by atoms with Crippen LogP contribution in [0, 0.1) is 12.7 Å². The van der Waals surface area contributed by atoms with E-state index in [1.54, 1.807) is 12.1 Å². The number of sulfonamides is 1. The summed E-state index contributed by atoms with van der Waals surface area (Å²) in [5.74, 6) is -1.56. The number of carbonyl (C=O) groups excluding carboxylic acids is 2. The van der Waals surface area contributed by atoms with Gasteiger partial charge in [-0.2, -0.15) is 0 Å². The minimum Gasteiger partial charge on any atom is -0.357 e. The highest BCUT2D eigenvalue weighted by atomic mass is 35.5. The molecule has 0 saturated carbocycles. The van der Waals surface area contributed by atoms with Gasteiger partial charge in [0.25, 0.3) is 10.0 Å². The van der Waals surface area contributed by atoms with Crippen LogP contribution in [0.5, 0.6) is 0 Å². The highest BCUT2D eigenvalue weighted by Gasteiger charge is 2.32. The van der Waals surface area contributed by atoms with Crippen LogP contribution in [0.2, 0.25) is 10.0 Å². The molecule has 0 heterocycles. The standard InChI is InChI=1S/C26H26Cl2FN3O4S/c1-17-4-10-24(11-5-17)37(35,36)32(23-13-20(27)12-21(28)14-23)16-25(33)31(18(2)26(34)30-3)15-19-6-8-22(29)9-7-19/h4-14,18H,15-16H2,1-3H3,(H,30,34)/t18-/m0/s1. The van der Waals surface area contributed by atoms with Crippen LogP contribution < -0.4 is 9.62 Å². The quantitative estimate of drug-likeness (QED) is 0.403. The zero-order valence-electron chi connectivity index (χ0n) is 20.4. The monoisotopic (exact) mass is 565 g/mol. The molecule has 0 saturated heterocycles. The third kappa shape index (κ3) is 7.00. The zero-order chi connectivity index (χ0) is 27.3. The van der Waals surface area contributed by atoms with Crippen molar-refractivity contribution in [1.29, 1.82) is 0 Å². The lowest BCUT2D eigenvalue weighted by Gasteiger charge is -2.32. The van der Waals surface area contributed by atoms with Crippen LogP contribution in [0.3, 0.4) is 0 Å². The van der Waals surface area contributed by atoms with Crippen molar-refractivity contribution in [3.05, 3.63) is 93.7 Å². The molecular weight excluding hydrogens is 540 g/mol. The van der Waals surface area contributed by atoms with Crippen molar-refractivity contribution in [3.8, 4) is 0 Å². The molecule has 3 aromatic rings. The number of rotatable bonds is 9. The lowest BCUT2D eigenvalue weighted by molar-refractivity contribution is -0.139. The first-order valence-electron chi connectivity index (χ1n) is 11.2. The summed E-state index contributed by atoms with van der Waals surface area (Å²) in [7, 11) is -2.81. The fourth-order valence-corrected chi connectivity index (χ4v) is 5.54. The largest absolute Gasteiger partial charge is 0.357 e. The summed E-state index contributed by atoms with van der Waals surface area (Å²) in [6.07, 6.45) is 0. The summed E-state index contributed by atoms with van der Waals surface area (Å²) < 4.78 is 41.8. The van der Waals surface area contributed by atoms with Gasteiger partial charge < -0.3 is 10.2 Å². The lowest BCUT2D eigenvalue weighted by atomic mass is 10.1. The van der Waals surface area contributed by atoms with Gasteiger partial charge in [-0.15, -0.1) is 0 Å². The highest BCUT2D eigenvalue weighted by molar-refractivity contribution is 7.92. The van der Waals surface area contributed by atoms with Crippen molar-refractivity contribution in [2.75, 3.05) is 17.9 Å². The Balaban J connectivity index is 2.06. The smallest absolute Gasteiger partial charge is 0.264 e. The van der Waals surface area contributed by atoms with E-state index < -0.39 is 40.2 Å². The topological polar surface area (TPSA) is 86.8 Å². The Morgan fingerprint density at radius 2 is 1.54 bits per heavy atom. The molecule has 11 heteroatoms. The predicted molar refractivity (Wildman–Crippen MR) is 143 cm³/mol. The van der Waals surface area contributed by atoms with E-state index in [4.69, 9.17) is 23.2 Å². The van der Waals surface area contributed by atoms with E-state index in [-0.39, 0.29) is 27.2 Å². The Morgan fingerprint density at radius 3 is 2.08 bits per heavy atom. The van der Waals surface area contributed by atoms with E-state index >= 15 is 0 Å². The number of aryl methyl sites for hydroxylation is 1. The highest BCUT2D eigenvalue weighted by Crippen LogP contribution is 2.30. The first-order valence-corrected chi connectivity index (χ1v) is 13.4. The number of benzene rings is 3. The summed E-state index contributed by atoms with van der Waals surface area (Å²) in [5.41, 5.74) is 1.50. The van der Waals surface area contributed by atoms with Crippen molar-refractivity contribution in [2.24, 2.45) is 0 Å². The Labute approximate surface area is 225 Å². The second kappa shape index (κ2) is 11.9. The van der Waals surface area contributed by atoms with Gasteiger partial charge in [-0.05, 0) is 61.9 Å². The molecule has 196 valence electrons. The van der Waals surface area contributed by atoms with Crippen LogP contribution in [-0.2, 0) is 26.2 Å². The molecule has 3 aromatic carbocycles. The molecule has 0 bridgehead atoms. The lowest BCUT2D eigenvalue weighted by Crippen LogP contribution is -2.50. The molecule has 0 aliphatic rings. The molecule has 3 rings (SSSR count). The van der Waals surface area contributed by atoms with Gasteiger partial charge in [-0.25, -0.2) is 12.8 Å². The molecule has 2 amide bonds. The molecule has 0 aliphatic carbocycles. The first kappa shape index (κ1) is 28.4. The molecule has 0 spiro atoms. The Kier molecular flexibility index (Phi) is 9.17. The average molecular weight is 566 g/mol. The van der Waals surface area contributed by atoms with Crippen LogP contribution in [0.4, 0.5) is 10.1 Å². The fourth-order valence-electron chi connectivity index (χ4n) is 3.63. The Hall–Kier alpha value is -3.14. The number of likely N-dealkylation sites (N-methyl/N-ethyl adjacent to an activating group) is 1. The maximum Gasteiger partial charge on any atom is 0.264 e. The van der Waals surface area contributed by atoms with E-state index in [9.17, 15) is 22.4 Å². The number of hydrogen-bond acceptors (Lipinski definition) is 4. The van der Waals surface area contributed by atoms with Crippen LogP contribution in [0.1, 0.15) is 18.1 Å². The van der Waals surface area contributed by atoms with Crippen molar-refractivity contribution in [2.45, 2.75) is 31.3 Å². The molecule has 0 unspecified atom stereocenters. The number of nitrogens with zero attached hydrogens (tertiary/aromatic N) is 2. The predicted octanol–water partition coefficient (Wildman–Crippen LogP) is 4.80. The number of nitrogens with one attached hydrogen (secondary N) is 1. The van der Waals surface area contributed by atoms with E-state index in [0.29, 0.717) is 5.56 Å². The molecule has 1 N–H and O–H groups in total. The molecule has 7 nitrogen and oxygen atoms in total. The fraction of sp³-hybridized carbons (Fsp3) is 0.231. The van der Waals surface area contributed by atoms with Crippen molar-refractivity contribution >= 4 is 50.7 Å². The summed E-state index contributed by atoms with van der Waals surface area (Å²) in [5, 5.41) is 2.86. The summed E-state index contributed by atoms with van der Waals surface area (Å²) in [6, 6.07) is 14.9. The molecular formula is C26H26Cl2FN3O4S. The minimum absolute atomic E-state index is 0.0357. The van der Waals surface area contributed by atoms with Gasteiger partial charge in [0.05, 0.1) is 10.6 Å². The van der Waals surface area contributed by atoms with Crippen molar-refractivity contribution in [3.63, 3.8) is 0 Å². The minimum atomic E-state index is -4.24. The van der Waals surface area contributed by atoms with Crippen molar-refractivity contribution in [1.82, 2.24) is 10.2 Å². The molecule has 0 radical (unpaired) electrons. The van der Waals surface area contributed by atoms with E-state index in [2.05, 4.69) is 5.32 Å². The van der Waals surface area contributed by atoms with Gasteiger partial charge in [0, 0.05) is 23.6 Å². The van der Waals surface area contributed by atoms with Crippen LogP contribution in [0.15, 0.2) is 71.6 Å². The average Bonchev–Trinajstić information content (AvgIpc) is 2.85. The summed E-state index contributed by atoms with van der Waals surface area (Å²) in [4.78, 5) is 27.3. The third-order valence-electron chi connectivity index (χ3n) is 5.70. The van der Waals surface area contributed by atoms with Gasteiger partial charge in [-0.3, -0.25) is 13.9 Å². The SMILES string of the molecule is CNC(=O)[C@H](C)N(Cc1ccc(F)cc1)C(=O)CN(c1cc(Cl)cc(Cl)c1)S(=O)(=O)c1ccc(C)cc1. The van der Waals surface area contributed by atoms with Crippen LogP contribution in [-0.4, -0.2) is 44.8 Å². The first-order chi connectivity index (χ1) is 17.4. The van der Waals surface area contributed by atoms with E-state index in [1.165, 1.54) is 73.5 Å². The van der Waals surface area contributed by atoms with Gasteiger partial charge in [0.2, 0.25) is 11.8 Å². The molecule has 0 fully saturated rings. The maximum atomic E-state index is 13.7. The van der Waals surface area contributed by atoms with Gasteiger partial charge in [0.1, 0.15) is 18.4 Å². The summed E-state index contributed by atoms with van der Waals surface area (Å²) >= 11 is 12.3. The maximum absolute atomic E-state index is 13.7. The Morgan fingerprint density at radius 1 is 0.973 bits per heavy atom. The zero-order valence-corrected chi connectivity index (χ0v) is 22.7. The van der Waals surface area contributed by atoms with Crippen LogP contribution in [0.25, 0.3) is 0 Å². The molecule has 0 aromatic heterocycles.